The van der Waals surface area contributed by atoms with E-state index in [0.717, 1.165) is 22.3 Å². The molecular formula is C26H26ClNO5. The van der Waals surface area contributed by atoms with Crippen LogP contribution in [0.25, 0.3) is 0 Å². The minimum Gasteiger partial charge on any atom is -0.394 e. The van der Waals surface area contributed by atoms with Crippen molar-refractivity contribution in [3.63, 3.8) is 0 Å². The van der Waals surface area contributed by atoms with Crippen LogP contribution in [0.3, 0.4) is 0 Å². The average Bonchev–Trinajstić information content (AvgIpc) is 2.85. The summed E-state index contributed by atoms with van der Waals surface area (Å²) < 4.78 is 5.67. The fourth-order valence-corrected chi connectivity index (χ4v) is 4.25. The van der Waals surface area contributed by atoms with E-state index in [1.54, 1.807) is 18.2 Å². The second kappa shape index (κ2) is 10.1. The lowest BCUT2D eigenvalue weighted by atomic mass is 9.90. The number of rotatable bonds is 6. The normalized spacial score (nSPS) is 25.1. The molecule has 7 heteroatoms. The van der Waals surface area contributed by atoms with Gasteiger partial charge in [0.05, 0.1) is 12.3 Å². The Hall–Kier alpha value is -2.58. The van der Waals surface area contributed by atoms with Gasteiger partial charge in [0.2, 0.25) is 0 Å². The first-order chi connectivity index (χ1) is 15.9. The number of hydrogen-bond donors (Lipinski definition) is 5. The monoisotopic (exact) mass is 467 g/mol. The SMILES string of the molecule is N=C(c1ccccc1)c1ccc(Cc2cc([C@@H]3O[C@H](CO)[C@@H](O)[C@H](O)[C@H]3O)ccc2Cl)cc1. The van der Waals surface area contributed by atoms with E-state index >= 15 is 0 Å². The van der Waals surface area contributed by atoms with Crippen LogP contribution in [0, 0.1) is 5.41 Å². The van der Waals surface area contributed by atoms with Gasteiger partial charge in [-0.1, -0.05) is 78.3 Å². The number of nitrogens with one attached hydrogen (secondary N) is 1. The zero-order valence-corrected chi connectivity index (χ0v) is 18.6. The number of aliphatic hydroxyl groups excluding tert-OH is 4. The van der Waals surface area contributed by atoms with Crippen LogP contribution in [0.5, 0.6) is 0 Å². The van der Waals surface area contributed by atoms with E-state index in [4.69, 9.17) is 21.7 Å². The summed E-state index contributed by atoms with van der Waals surface area (Å²) in [4.78, 5) is 0. The summed E-state index contributed by atoms with van der Waals surface area (Å²) in [6.07, 6.45) is -5.55. The van der Waals surface area contributed by atoms with Crippen molar-refractivity contribution in [3.8, 4) is 0 Å². The lowest BCUT2D eigenvalue weighted by Crippen LogP contribution is -2.55. The second-order valence-corrected chi connectivity index (χ2v) is 8.62. The molecule has 33 heavy (non-hydrogen) atoms. The smallest absolute Gasteiger partial charge is 0.113 e. The predicted octanol–water partition coefficient (Wildman–Crippen LogP) is 2.86. The van der Waals surface area contributed by atoms with E-state index in [2.05, 4.69) is 0 Å². The lowest BCUT2D eigenvalue weighted by Gasteiger charge is -2.40. The molecule has 1 fully saturated rings. The van der Waals surface area contributed by atoms with Crippen molar-refractivity contribution >= 4 is 17.3 Å². The molecule has 1 aliphatic heterocycles. The Balaban J connectivity index is 1.53. The van der Waals surface area contributed by atoms with Gasteiger partial charge in [0, 0.05) is 10.6 Å². The Morgan fingerprint density at radius 2 is 1.52 bits per heavy atom. The van der Waals surface area contributed by atoms with Gasteiger partial charge < -0.3 is 25.2 Å². The van der Waals surface area contributed by atoms with Gasteiger partial charge in [-0.3, -0.25) is 5.41 Å². The minimum atomic E-state index is -1.44. The van der Waals surface area contributed by atoms with Gasteiger partial charge in [0.15, 0.2) is 0 Å². The molecule has 0 aliphatic carbocycles. The Morgan fingerprint density at radius 1 is 0.848 bits per heavy atom. The van der Waals surface area contributed by atoms with Crippen molar-refractivity contribution < 1.29 is 25.2 Å². The standard InChI is InChI=1S/C26H26ClNO5/c27-20-11-10-18(26-25(32)24(31)23(30)21(14-29)33-26)13-19(20)12-15-6-8-17(9-7-15)22(28)16-4-2-1-3-5-16/h1-11,13,21,23-26,28-32H,12,14H2/t21-,23-,24+,25-,26+/m1/s1. The predicted molar refractivity (Wildman–Crippen MR) is 126 cm³/mol. The van der Waals surface area contributed by atoms with Gasteiger partial charge >= 0.3 is 0 Å². The molecule has 5 N–H and O–H groups in total. The highest BCUT2D eigenvalue weighted by atomic mass is 35.5. The molecule has 0 bridgehead atoms. The number of hydrogen-bond acceptors (Lipinski definition) is 6. The molecule has 0 radical (unpaired) electrons. The van der Waals surface area contributed by atoms with Gasteiger partial charge in [0.25, 0.3) is 0 Å². The van der Waals surface area contributed by atoms with Gasteiger partial charge in [0.1, 0.15) is 30.5 Å². The Bertz CT molecular complexity index is 1100. The van der Waals surface area contributed by atoms with Gasteiger partial charge in [-0.05, 0) is 34.7 Å². The molecule has 0 amide bonds. The van der Waals surface area contributed by atoms with Crippen molar-refractivity contribution in [3.05, 3.63) is 106 Å². The summed E-state index contributed by atoms with van der Waals surface area (Å²) in [7, 11) is 0. The largest absolute Gasteiger partial charge is 0.394 e. The lowest BCUT2D eigenvalue weighted by molar-refractivity contribution is -0.231. The van der Waals surface area contributed by atoms with Crippen LogP contribution in [0.2, 0.25) is 5.02 Å². The molecular weight excluding hydrogens is 442 g/mol. The van der Waals surface area contributed by atoms with Crippen molar-refractivity contribution in [1.82, 2.24) is 0 Å². The van der Waals surface area contributed by atoms with E-state index in [0.29, 0.717) is 22.7 Å². The first-order valence-corrected chi connectivity index (χ1v) is 11.1. The summed E-state index contributed by atoms with van der Waals surface area (Å²) in [6, 6.07) is 22.4. The summed E-state index contributed by atoms with van der Waals surface area (Å²) in [5, 5.41) is 49.0. The Kier molecular flexibility index (Phi) is 7.24. The topological polar surface area (TPSA) is 114 Å². The van der Waals surface area contributed by atoms with Crippen LogP contribution >= 0.6 is 11.6 Å². The maximum atomic E-state index is 10.4. The highest BCUT2D eigenvalue weighted by Gasteiger charge is 2.44. The van der Waals surface area contributed by atoms with Crippen LogP contribution in [0.15, 0.2) is 72.8 Å². The third kappa shape index (κ3) is 5.01. The molecule has 172 valence electrons. The molecule has 1 aliphatic rings. The maximum absolute atomic E-state index is 10.4. The van der Waals surface area contributed by atoms with Gasteiger partial charge in [-0.2, -0.15) is 0 Å². The van der Waals surface area contributed by atoms with Crippen molar-refractivity contribution in [1.29, 1.82) is 5.41 Å². The zero-order chi connectivity index (χ0) is 23.5. The van der Waals surface area contributed by atoms with E-state index in [9.17, 15) is 20.4 Å². The fourth-order valence-electron chi connectivity index (χ4n) is 4.06. The summed E-state index contributed by atoms with van der Waals surface area (Å²) in [5.41, 5.74) is 4.50. The van der Waals surface area contributed by atoms with Crippen LogP contribution in [-0.4, -0.2) is 57.2 Å². The Labute approximate surface area is 197 Å². The van der Waals surface area contributed by atoms with E-state index < -0.39 is 37.1 Å². The third-order valence-electron chi connectivity index (χ3n) is 5.99. The Morgan fingerprint density at radius 3 is 2.18 bits per heavy atom. The average molecular weight is 468 g/mol. The molecule has 4 rings (SSSR count). The first kappa shape index (κ1) is 23.6. The molecule has 1 heterocycles. The maximum Gasteiger partial charge on any atom is 0.113 e. The first-order valence-electron chi connectivity index (χ1n) is 10.7. The van der Waals surface area contributed by atoms with Crippen molar-refractivity contribution in [2.24, 2.45) is 0 Å². The van der Waals surface area contributed by atoms with Crippen LogP contribution in [-0.2, 0) is 11.2 Å². The molecule has 5 atom stereocenters. The van der Waals surface area contributed by atoms with E-state index in [-0.39, 0.29) is 0 Å². The zero-order valence-electron chi connectivity index (χ0n) is 17.8. The molecule has 6 nitrogen and oxygen atoms in total. The minimum absolute atomic E-state index is 0.449. The highest BCUT2D eigenvalue weighted by Crippen LogP contribution is 2.34. The van der Waals surface area contributed by atoms with Crippen LogP contribution in [0.1, 0.15) is 33.9 Å². The van der Waals surface area contributed by atoms with E-state index in [1.807, 2.05) is 54.6 Å². The highest BCUT2D eigenvalue weighted by molar-refractivity contribution is 6.31. The second-order valence-electron chi connectivity index (χ2n) is 8.22. The van der Waals surface area contributed by atoms with Gasteiger partial charge in [-0.25, -0.2) is 0 Å². The molecule has 1 saturated heterocycles. The van der Waals surface area contributed by atoms with Crippen molar-refractivity contribution in [2.45, 2.75) is 36.9 Å². The number of aliphatic hydroxyl groups is 4. The molecule has 0 unspecified atom stereocenters. The molecule has 0 aromatic heterocycles. The number of ether oxygens (including phenoxy) is 1. The molecule has 0 spiro atoms. The van der Waals surface area contributed by atoms with Crippen molar-refractivity contribution in [2.75, 3.05) is 6.61 Å². The molecule has 0 saturated carbocycles. The fraction of sp³-hybridized carbons (Fsp3) is 0.269. The summed E-state index contributed by atoms with van der Waals surface area (Å²) >= 11 is 6.42. The quantitative estimate of drug-likeness (QED) is 0.358. The third-order valence-corrected chi connectivity index (χ3v) is 6.36. The van der Waals surface area contributed by atoms with Crippen LogP contribution < -0.4 is 0 Å². The van der Waals surface area contributed by atoms with Gasteiger partial charge in [-0.15, -0.1) is 0 Å². The van der Waals surface area contributed by atoms with Crippen LogP contribution in [0.4, 0.5) is 0 Å². The summed E-state index contributed by atoms with van der Waals surface area (Å²) in [5.74, 6) is 0. The molecule has 3 aromatic carbocycles. The number of halogens is 1. The van der Waals surface area contributed by atoms with E-state index in [1.165, 1.54) is 0 Å². The summed E-state index contributed by atoms with van der Waals surface area (Å²) in [6.45, 7) is -0.480. The number of benzene rings is 3. The molecule has 3 aromatic rings.